The van der Waals surface area contributed by atoms with Crippen LogP contribution in [0.25, 0.3) is 10.9 Å². The van der Waals surface area contributed by atoms with Gasteiger partial charge in [0.05, 0.1) is 24.8 Å². The summed E-state index contributed by atoms with van der Waals surface area (Å²) in [5.74, 6) is 6.89. The second kappa shape index (κ2) is 7.46. The maximum absolute atomic E-state index is 6.16. The van der Waals surface area contributed by atoms with Crippen LogP contribution in [-0.2, 0) is 4.74 Å². The van der Waals surface area contributed by atoms with Crippen molar-refractivity contribution in [2.24, 2.45) is 0 Å². The van der Waals surface area contributed by atoms with E-state index in [1.54, 1.807) is 6.20 Å². The van der Waals surface area contributed by atoms with Gasteiger partial charge in [-0.2, -0.15) is 0 Å². The van der Waals surface area contributed by atoms with Gasteiger partial charge in [0.1, 0.15) is 17.9 Å². The zero-order valence-corrected chi connectivity index (χ0v) is 13.0. The van der Waals surface area contributed by atoms with Gasteiger partial charge < -0.3 is 9.47 Å². The lowest BCUT2D eigenvalue weighted by Crippen LogP contribution is -2.36. The third kappa shape index (κ3) is 3.69. The van der Waals surface area contributed by atoms with Gasteiger partial charge >= 0.3 is 0 Å². The van der Waals surface area contributed by atoms with Crippen molar-refractivity contribution < 1.29 is 9.47 Å². The molecule has 1 aliphatic rings. The summed E-state index contributed by atoms with van der Waals surface area (Å²) in [5, 5.41) is 1.57. The first-order valence-corrected chi connectivity index (χ1v) is 7.64. The molecular formula is C17H17ClN2O2. The number of nitrogens with zero attached hydrogens (tertiary/aromatic N) is 2. The molecule has 0 aliphatic carbocycles. The van der Waals surface area contributed by atoms with E-state index in [1.165, 1.54) is 0 Å². The molecule has 22 heavy (non-hydrogen) atoms. The van der Waals surface area contributed by atoms with Gasteiger partial charge in [0.25, 0.3) is 0 Å². The van der Waals surface area contributed by atoms with Gasteiger partial charge in [0, 0.05) is 24.7 Å². The normalized spacial score (nSPS) is 15.3. The number of morpholine rings is 1. The van der Waals surface area contributed by atoms with Crippen molar-refractivity contribution in [2.75, 3.05) is 39.5 Å². The second-order valence-electron chi connectivity index (χ2n) is 4.98. The van der Waals surface area contributed by atoms with Crippen molar-refractivity contribution in [3.05, 3.63) is 35.5 Å². The molecule has 1 aromatic carbocycles. The van der Waals surface area contributed by atoms with Gasteiger partial charge in [-0.15, -0.1) is 0 Å². The number of rotatable bonds is 3. The highest BCUT2D eigenvalue weighted by Gasteiger charge is 2.08. The van der Waals surface area contributed by atoms with Crippen LogP contribution in [0, 0.1) is 11.8 Å². The molecule has 2 aromatic rings. The van der Waals surface area contributed by atoms with E-state index >= 15 is 0 Å². The molecule has 114 valence electrons. The molecule has 0 N–H and O–H groups in total. The molecule has 1 aliphatic heterocycles. The van der Waals surface area contributed by atoms with Crippen LogP contribution in [0.2, 0.25) is 5.02 Å². The molecule has 0 radical (unpaired) electrons. The van der Waals surface area contributed by atoms with Crippen molar-refractivity contribution in [3.8, 4) is 17.6 Å². The number of pyridine rings is 1. The Morgan fingerprint density at radius 1 is 1.23 bits per heavy atom. The van der Waals surface area contributed by atoms with Gasteiger partial charge in [0.2, 0.25) is 0 Å². The fourth-order valence-corrected chi connectivity index (χ4v) is 2.54. The Balaban J connectivity index is 1.59. The van der Waals surface area contributed by atoms with Crippen LogP contribution in [-0.4, -0.2) is 49.3 Å². The lowest BCUT2D eigenvalue weighted by Gasteiger charge is -2.24. The first-order valence-electron chi connectivity index (χ1n) is 7.26. The SMILES string of the molecule is Clc1ccc(OCC#CCN2CCOCC2)c2ncccc12. The topological polar surface area (TPSA) is 34.6 Å². The Bertz CT molecular complexity index is 703. The third-order valence-electron chi connectivity index (χ3n) is 3.51. The molecule has 0 spiro atoms. The summed E-state index contributed by atoms with van der Waals surface area (Å²) in [6.07, 6.45) is 1.73. The average Bonchev–Trinajstić information content (AvgIpc) is 2.58. The molecular weight excluding hydrogens is 300 g/mol. The number of fused-ring (bicyclic) bond motifs is 1. The van der Waals surface area contributed by atoms with E-state index in [4.69, 9.17) is 21.1 Å². The molecule has 1 fully saturated rings. The van der Waals surface area contributed by atoms with Gasteiger partial charge in [0.15, 0.2) is 0 Å². The highest BCUT2D eigenvalue weighted by molar-refractivity contribution is 6.35. The zero-order valence-electron chi connectivity index (χ0n) is 12.2. The van der Waals surface area contributed by atoms with E-state index < -0.39 is 0 Å². The smallest absolute Gasteiger partial charge is 0.149 e. The second-order valence-corrected chi connectivity index (χ2v) is 5.38. The Hall–Kier alpha value is -1.80. The molecule has 0 saturated carbocycles. The minimum absolute atomic E-state index is 0.345. The van der Waals surface area contributed by atoms with Crippen LogP contribution in [0.3, 0.4) is 0 Å². The molecule has 2 heterocycles. The summed E-state index contributed by atoms with van der Waals surface area (Å²) in [7, 11) is 0. The summed E-state index contributed by atoms with van der Waals surface area (Å²) in [5.41, 5.74) is 0.768. The molecule has 0 atom stereocenters. The molecule has 0 amide bonds. The van der Waals surface area contributed by atoms with Crippen LogP contribution in [0.1, 0.15) is 0 Å². The lowest BCUT2D eigenvalue weighted by atomic mass is 10.2. The summed E-state index contributed by atoms with van der Waals surface area (Å²) in [4.78, 5) is 6.61. The molecule has 3 rings (SSSR count). The van der Waals surface area contributed by atoms with E-state index in [0.717, 1.165) is 43.8 Å². The predicted molar refractivity (Wildman–Crippen MR) is 87.3 cm³/mol. The maximum atomic E-state index is 6.16. The molecule has 1 saturated heterocycles. The largest absolute Gasteiger partial charge is 0.479 e. The van der Waals surface area contributed by atoms with Gasteiger partial charge in [-0.3, -0.25) is 9.88 Å². The fourth-order valence-electron chi connectivity index (χ4n) is 2.32. The third-order valence-corrected chi connectivity index (χ3v) is 3.84. The Morgan fingerprint density at radius 2 is 2.09 bits per heavy atom. The zero-order chi connectivity index (χ0) is 15.2. The van der Waals surface area contributed by atoms with Crippen LogP contribution >= 0.6 is 11.6 Å². The van der Waals surface area contributed by atoms with Gasteiger partial charge in [-0.25, -0.2) is 0 Å². The van der Waals surface area contributed by atoms with Crippen molar-refractivity contribution in [1.82, 2.24) is 9.88 Å². The number of hydrogen-bond donors (Lipinski definition) is 0. The van der Waals surface area contributed by atoms with Crippen LogP contribution in [0.5, 0.6) is 5.75 Å². The van der Waals surface area contributed by atoms with E-state index in [9.17, 15) is 0 Å². The number of benzene rings is 1. The standard InChI is InChI=1S/C17H17ClN2O2/c18-15-5-6-16(17-14(15)4-3-7-19-17)22-11-2-1-8-20-9-12-21-13-10-20/h3-7H,8-13H2. The Kier molecular flexibility index (Phi) is 5.12. The molecule has 1 aromatic heterocycles. The Labute approximate surface area is 135 Å². The summed E-state index contributed by atoms with van der Waals surface area (Å²) >= 11 is 6.16. The molecule has 5 heteroatoms. The quantitative estimate of drug-likeness (QED) is 0.815. The number of halogens is 1. The molecule has 0 bridgehead atoms. The van der Waals surface area contributed by atoms with E-state index in [0.29, 0.717) is 17.4 Å². The van der Waals surface area contributed by atoms with Gasteiger partial charge in [-0.05, 0) is 24.3 Å². The molecule has 0 unspecified atom stereocenters. The first-order chi connectivity index (χ1) is 10.8. The van der Waals surface area contributed by atoms with Crippen LogP contribution < -0.4 is 4.74 Å². The number of aromatic nitrogens is 1. The highest BCUT2D eigenvalue weighted by Crippen LogP contribution is 2.29. The monoisotopic (exact) mass is 316 g/mol. The fraction of sp³-hybridized carbons (Fsp3) is 0.353. The van der Waals surface area contributed by atoms with Gasteiger partial charge in [-0.1, -0.05) is 23.4 Å². The highest BCUT2D eigenvalue weighted by atomic mass is 35.5. The van der Waals surface area contributed by atoms with Crippen LogP contribution in [0.15, 0.2) is 30.5 Å². The lowest BCUT2D eigenvalue weighted by molar-refractivity contribution is 0.0443. The summed E-state index contributed by atoms with van der Waals surface area (Å²) in [6, 6.07) is 7.45. The molecule has 4 nitrogen and oxygen atoms in total. The van der Waals surface area contributed by atoms with Crippen molar-refractivity contribution in [2.45, 2.75) is 0 Å². The van der Waals surface area contributed by atoms with Crippen molar-refractivity contribution in [1.29, 1.82) is 0 Å². The predicted octanol–water partition coefficient (Wildman–Crippen LogP) is 2.60. The average molecular weight is 317 g/mol. The Morgan fingerprint density at radius 3 is 2.95 bits per heavy atom. The summed E-state index contributed by atoms with van der Waals surface area (Å²) in [6.45, 7) is 4.58. The summed E-state index contributed by atoms with van der Waals surface area (Å²) < 4.78 is 11.0. The minimum atomic E-state index is 0.345. The number of hydrogen-bond acceptors (Lipinski definition) is 4. The van der Waals surface area contributed by atoms with Crippen LogP contribution in [0.4, 0.5) is 0 Å². The number of ether oxygens (including phenoxy) is 2. The first kappa shape index (κ1) is 15.1. The van der Waals surface area contributed by atoms with Crippen molar-refractivity contribution in [3.63, 3.8) is 0 Å². The van der Waals surface area contributed by atoms with E-state index in [2.05, 4.69) is 21.7 Å². The van der Waals surface area contributed by atoms with E-state index in [-0.39, 0.29) is 0 Å². The van der Waals surface area contributed by atoms with Crippen molar-refractivity contribution >= 4 is 22.5 Å². The minimum Gasteiger partial charge on any atom is -0.479 e. The maximum Gasteiger partial charge on any atom is 0.149 e. The van der Waals surface area contributed by atoms with E-state index in [1.807, 2.05) is 24.3 Å².